The van der Waals surface area contributed by atoms with Gasteiger partial charge in [0.25, 0.3) is 11.6 Å². The number of hydrogen-bond acceptors (Lipinski definition) is 6. The summed E-state index contributed by atoms with van der Waals surface area (Å²) in [6.45, 7) is 0.324. The summed E-state index contributed by atoms with van der Waals surface area (Å²) in [6, 6.07) is 14.6. The molecule has 1 amide bonds. The van der Waals surface area contributed by atoms with Crippen LogP contribution in [-0.2, 0) is 11.4 Å². The third kappa shape index (κ3) is 6.42. The van der Waals surface area contributed by atoms with Gasteiger partial charge in [-0.1, -0.05) is 50.7 Å². The highest BCUT2D eigenvalue weighted by Gasteiger charge is 2.39. The van der Waals surface area contributed by atoms with E-state index in [1.54, 1.807) is 12.1 Å². The van der Waals surface area contributed by atoms with Crippen LogP contribution in [0.2, 0.25) is 0 Å². The first-order valence-electron chi connectivity index (χ1n) is 13.3. The van der Waals surface area contributed by atoms with Crippen LogP contribution in [0.3, 0.4) is 0 Å². The summed E-state index contributed by atoms with van der Waals surface area (Å²) < 4.78 is 5.85. The third-order valence-electron chi connectivity index (χ3n) is 7.37. The minimum absolute atomic E-state index is 0.0643. The van der Waals surface area contributed by atoms with Gasteiger partial charge in [-0.25, -0.2) is 0 Å². The fourth-order valence-corrected chi connectivity index (χ4v) is 6.41. The Bertz CT molecular complexity index is 1160. The van der Waals surface area contributed by atoms with Crippen molar-refractivity contribution < 1.29 is 14.5 Å². The maximum Gasteiger partial charge on any atom is 0.269 e. The summed E-state index contributed by atoms with van der Waals surface area (Å²) in [5, 5.41) is 11.7. The molecule has 1 aliphatic heterocycles. The Kier molecular flexibility index (Phi) is 8.24. The molecule has 0 spiro atoms. The first-order valence-corrected chi connectivity index (χ1v) is 14.2. The number of nitro groups is 1. The quantitative estimate of drug-likeness (QED) is 0.221. The van der Waals surface area contributed by atoms with Crippen LogP contribution in [0.5, 0.6) is 5.75 Å². The van der Waals surface area contributed by atoms with Gasteiger partial charge in [0.1, 0.15) is 12.4 Å². The van der Waals surface area contributed by atoms with Crippen molar-refractivity contribution >= 4 is 34.6 Å². The lowest BCUT2D eigenvalue weighted by atomic mass is 9.94. The Morgan fingerprint density at radius 1 is 0.946 bits per heavy atom. The fourth-order valence-electron chi connectivity index (χ4n) is 5.30. The monoisotopic (exact) mass is 519 g/mol. The topological polar surface area (TPSA) is 85.0 Å². The van der Waals surface area contributed by atoms with Crippen LogP contribution in [0.4, 0.5) is 5.69 Å². The molecular weight excluding hydrogens is 486 g/mol. The van der Waals surface area contributed by atoms with E-state index in [9.17, 15) is 14.9 Å². The standard InChI is InChI=1S/C29H33N3O4S/c33-28-27(37-29(30-23-7-3-1-4-8-23)31(28)24-9-5-2-6-10-24)19-21-13-17-26(18-14-21)36-20-22-11-15-25(16-12-22)32(34)35/h11-19,23-24H,1-10,20H2. The zero-order chi connectivity index (χ0) is 25.6. The number of benzene rings is 2. The van der Waals surface area contributed by atoms with Gasteiger partial charge in [0.15, 0.2) is 5.17 Å². The van der Waals surface area contributed by atoms with Crippen LogP contribution in [0, 0.1) is 10.1 Å². The molecular formula is C29H33N3O4S. The highest BCUT2D eigenvalue weighted by molar-refractivity contribution is 8.18. The molecule has 7 nitrogen and oxygen atoms in total. The van der Waals surface area contributed by atoms with E-state index in [1.807, 2.05) is 35.2 Å². The predicted octanol–water partition coefficient (Wildman–Crippen LogP) is 7.11. The molecule has 2 aromatic carbocycles. The van der Waals surface area contributed by atoms with E-state index in [0.29, 0.717) is 18.4 Å². The molecule has 8 heteroatoms. The van der Waals surface area contributed by atoms with Crippen LogP contribution in [0.1, 0.15) is 75.3 Å². The molecule has 0 aromatic heterocycles. The predicted molar refractivity (Wildman–Crippen MR) is 147 cm³/mol. The minimum Gasteiger partial charge on any atom is -0.489 e. The number of amides is 1. The first kappa shape index (κ1) is 25.5. The van der Waals surface area contributed by atoms with E-state index < -0.39 is 4.92 Å². The molecule has 2 aliphatic carbocycles. The molecule has 2 aromatic rings. The summed E-state index contributed by atoms with van der Waals surface area (Å²) in [5.74, 6) is 0.791. The van der Waals surface area contributed by atoms with Crippen molar-refractivity contribution in [3.05, 3.63) is 74.7 Å². The molecule has 0 bridgehead atoms. The Balaban J connectivity index is 1.27. The van der Waals surface area contributed by atoms with Gasteiger partial charge in [0.05, 0.1) is 15.9 Å². The van der Waals surface area contributed by atoms with Crippen LogP contribution in [-0.4, -0.2) is 33.0 Å². The summed E-state index contributed by atoms with van der Waals surface area (Å²) in [6.07, 6.45) is 13.7. The lowest BCUT2D eigenvalue weighted by Crippen LogP contribution is -2.41. The number of thioether (sulfide) groups is 1. The van der Waals surface area contributed by atoms with Crippen LogP contribution < -0.4 is 4.74 Å². The van der Waals surface area contributed by atoms with Crippen molar-refractivity contribution in [3.8, 4) is 5.75 Å². The minimum atomic E-state index is -0.412. The summed E-state index contributed by atoms with van der Waals surface area (Å²) in [5.41, 5.74) is 1.87. The van der Waals surface area contributed by atoms with E-state index in [-0.39, 0.29) is 17.6 Å². The second-order valence-corrected chi connectivity index (χ2v) is 11.1. The zero-order valence-corrected chi connectivity index (χ0v) is 21.8. The molecule has 2 saturated carbocycles. The van der Waals surface area contributed by atoms with E-state index >= 15 is 0 Å². The molecule has 194 valence electrons. The summed E-state index contributed by atoms with van der Waals surface area (Å²) >= 11 is 1.53. The van der Waals surface area contributed by atoms with Crippen molar-refractivity contribution in [1.29, 1.82) is 0 Å². The molecule has 5 rings (SSSR count). The van der Waals surface area contributed by atoms with E-state index in [0.717, 1.165) is 46.9 Å². The lowest BCUT2D eigenvalue weighted by Gasteiger charge is -2.31. The molecule has 0 N–H and O–H groups in total. The number of non-ortho nitro benzene ring substituents is 1. The average Bonchev–Trinajstić information content (AvgIpc) is 3.23. The van der Waals surface area contributed by atoms with Crippen LogP contribution >= 0.6 is 11.8 Å². The van der Waals surface area contributed by atoms with E-state index in [4.69, 9.17) is 9.73 Å². The smallest absolute Gasteiger partial charge is 0.269 e. The third-order valence-corrected chi connectivity index (χ3v) is 8.37. The summed E-state index contributed by atoms with van der Waals surface area (Å²) in [7, 11) is 0. The Hall–Kier alpha value is -3.13. The van der Waals surface area contributed by atoms with Crippen molar-refractivity contribution in [3.63, 3.8) is 0 Å². The number of carbonyl (C=O) groups is 1. The van der Waals surface area contributed by atoms with Crippen molar-refractivity contribution in [2.75, 3.05) is 0 Å². The Labute approximate surface area is 222 Å². The largest absolute Gasteiger partial charge is 0.489 e. The highest BCUT2D eigenvalue weighted by Crippen LogP contribution is 2.38. The maximum absolute atomic E-state index is 13.5. The molecule has 3 aliphatic rings. The molecule has 3 fully saturated rings. The number of nitrogens with zero attached hydrogens (tertiary/aromatic N) is 3. The number of amidine groups is 1. The molecule has 0 unspecified atom stereocenters. The molecule has 0 atom stereocenters. The molecule has 1 heterocycles. The van der Waals surface area contributed by atoms with Crippen molar-refractivity contribution in [1.82, 2.24) is 4.90 Å². The van der Waals surface area contributed by atoms with Gasteiger partial charge in [0, 0.05) is 18.2 Å². The number of aliphatic imine (C=N–C) groups is 1. The second kappa shape index (κ2) is 11.9. The normalized spacial score (nSPS) is 21.6. The van der Waals surface area contributed by atoms with Crippen molar-refractivity contribution in [2.24, 2.45) is 4.99 Å². The fraction of sp³-hybridized carbons (Fsp3) is 0.448. The van der Waals surface area contributed by atoms with Gasteiger partial charge >= 0.3 is 0 Å². The van der Waals surface area contributed by atoms with Gasteiger partial charge in [-0.2, -0.15) is 0 Å². The number of ether oxygens (including phenoxy) is 1. The van der Waals surface area contributed by atoms with Crippen molar-refractivity contribution in [2.45, 2.75) is 82.9 Å². The van der Waals surface area contributed by atoms with E-state index in [1.165, 1.54) is 62.4 Å². The van der Waals surface area contributed by atoms with Gasteiger partial charge in [-0.3, -0.25) is 24.8 Å². The van der Waals surface area contributed by atoms with Crippen LogP contribution in [0.15, 0.2) is 58.4 Å². The molecule has 1 saturated heterocycles. The van der Waals surface area contributed by atoms with Gasteiger partial charge in [-0.05, 0) is 78.9 Å². The van der Waals surface area contributed by atoms with Gasteiger partial charge in [-0.15, -0.1) is 0 Å². The zero-order valence-electron chi connectivity index (χ0n) is 21.0. The lowest BCUT2D eigenvalue weighted by molar-refractivity contribution is -0.384. The molecule has 37 heavy (non-hydrogen) atoms. The number of rotatable bonds is 7. The van der Waals surface area contributed by atoms with Gasteiger partial charge < -0.3 is 4.74 Å². The second-order valence-electron chi connectivity index (χ2n) is 10.1. The highest BCUT2D eigenvalue weighted by atomic mass is 32.2. The number of nitro benzene ring substituents is 1. The first-order chi connectivity index (χ1) is 18.1. The number of carbonyl (C=O) groups excluding carboxylic acids is 1. The average molecular weight is 520 g/mol. The van der Waals surface area contributed by atoms with E-state index in [2.05, 4.69) is 0 Å². The maximum atomic E-state index is 13.5. The van der Waals surface area contributed by atoms with Crippen LogP contribution in [0.25, 0.3) is 6.08 Å². The summed E-state index contributed by atoms with van der Waals surface area (Å²) in [4.78, 5) is 31.8. The Morgan fingerprint density at radius 2 is 1.59 bits per heavy atom. The van der Waals surface area contributed by atoms with Gasteiger partial charge in [0.2, 0.25) is 0 Å². The Morgan fingerprint density at radius 3 is 2.24 bits per heavy atom. The molecule has 0 radical (unpaired) electrons. The number of hydrogen-bond donors (Lipinski definition) is 0. The SMILES string of the molecule is O=C1C(=Cc2ccc(OCc3ccc([N+](=O)[O-])cc3)cc2)SC(=NC2CCCCC2)N1C1CCCCC1.